The first-order valence-electron chi connectivity index (χ1n) is 5.71. The minimum atomic E-state index is -0.173. The van der Waals surface area contributed by atoms with E-state index >= 15 is 0 Å². The van der Waals surface area contributed by atoms with Gasteiger partial charge in [0.2, 0.25) is 0 Å². The lowest BCUT2D eigenvalue weighted by Gasteiger charge is -2.29. The van der Waals surface area contributed by atoms with Gasteiger partial charge in [-0.25, -0.2) is 4.39 Å². The Labute approximate surface area is 101 Å². The van der Waals surface area contributed by atoms with E-state index in [9.17, 15) is 4.39 Å². The predicted molar refractivity (Wildman–Crippen MR) is 66.5 cm³/mol. The standard InChI is InChI=1S/C13H17ClFN/c1-9(10-6-7-10)16(2)13-11(8-14)4-3-5-12(13)15/h3-5,9-10H,6-8H2,1-2H3. The maximum absolute atomic E-state index is 13.8. The second kappa shape index (κ2) is 4.62. The van der Waals surface area contributed by atoms with Gasteiger partial charge in [-0.2, -0.15) is 0 Å². The number of anilines is 1. The molecule has 0 amide bonds. The average molecular weight is 242 g/mol. The van der Waals surface area contributed by atoms with E-state index in [-0.39, 0.29) is 5.82 Å². The maximum Gasteiger partial charge on any atom is 0.146 e. The zero-order valence-corrected chi connectivity index (χ0v) is 10.5. The van der Waals surface area contributed by atoms with Crippen molar-refractivity contribution in [3.63, 3.8) is 0 Å². The fourth-order valence-corrected chi connectivity index (χ4v) is 2.38. The van der Waals surface area contributed by atoms with Gasteiger partial charge in [-0.15, -0.1) is 11.6 Å². The van der Waals surface area contributed by atoms with E-state index < -0.39 is 0 Å². The van der Waals surface area contributed by atoms with E-state index in [0.717, 1.165) is 5.56 Å². The Morgan fingerprint density at radius 2 is 2.19 bits per heavy atom. The molecule has 0 bridgehead atoms. The highest BCUT2D eigenvalue weighted by Gasteiger charge is 2.32. The van der Waals surface area contributed by atoms with Crippen LogP contribution >= 0.6 is 11.6 Å². The molecular weight excluding hydrogens is 225 g/mol. The first-order valence-corrected chi connectivity index (χ1v) is 6.24. The van der Waals surface area contributed by atoms with Crippen LogP contribution in [0, 0.1) is 11.7 Å². The molecule has 0 radical (unpaired) electrons. The predicted octanol–water partition coefficient (Wildman–Crippen LogP) is 3.80. The second-order valence-corrected chi connectivity index (χ2v) is 4.84. The van der Waals surface area contributed by atoms with Gasteiger partial charge in [0.15, 0.2) is 0 Å². The van der Waals surface area contributed by atoms with Crippen LogP contribution in [0.2, 0.25) is 0 Å². The Morgan fingerprint density at radius 1 is 1.50 bits per heavy atom. The minimum absolute atomic E-state index is 0.173. The summed E-state index contributed by atoms with van der Waals surface area (Å²) in [6.07, 6.45) is 2.52. The SMILES string of the molecule is CC(C1CC1)N(C)c1c(F)cccc1CCl. The number of alkyl halides is 1. The molecule has 88 valence electrons. The summed E-state index contributed by atoms with van der Waals surface area (Å²) in [5, 5.41) is 0. The first-order chi connectivity index (χ1) is 7.65. The zero-order chi connectivity index (χ0) is 11.7. The topological polar surface area (TPSA) is 3.24 Å². The maximum atomic E-state index is 13.8. The summed E-state index contributed by atoms with van der Waals surface area (Å²) in [7, 11) is 1.96. The van der Waals surface area contributed by atoms with Crippen molar-refractivity contribution < 1.29 is 4.39 Å². The lowest BCUT2D eigenvalue weighted by atomic mass is 10.1. The quantitative estimate of drug-likeness (QED) is 0.725. The number of hydrogen-bond donors (Lipinski definition) is 0. The Hall–Kier alpha value is -0.760. The van der Waals surface area contributed by atoms with Crippen molar-refractivity contribution in [2.24, 2.45) is 5.92 Å². The van der Waals surface area contributed by atoms with Gasteiger partial charge in [-0.3, -0.25) is 0 Å². The van der Waals surface area contributed by atoms with Crippen LogP contribution in [0.25, 0.3) is 0 Å². The summed E-state index contributed by atoms with van der Waals surface area (Å²) in [4.78, 5) is 2.03. The van der Waals surface area contributed by atoms with Crippen LogP contribution < -0.4 is 4.90 Å². The molecule has 1 aliphatic carbocycles. The van der Waals surface area contributed by atoms with Crippen molar-refractivity contribution in [2.75, 3.05) is 11.9 Å². The lowest BCUT2D eigenvalue weighted by Crippen LogP contribution is -2.32. The van der Waals surface area contributed by atoms with Gasteiger partial charge in [-0.1, -0.05) is 12.1 Å². The fourth-order valence-electron chi connectivity index (χ4n) is 2.16. The summed E-state index contributed by atoms with van der Waals surface area (Å²) < 4.78 is 13.8. The molecule has 0 aliphatic heterocycles. The molecule has 0 heterocycles. The van der Waals surface area contributed by atoms with E-state index in [1.54, 1.807) is 6.07 Å². The van der Waals surface area contributed by atoms with Gasteiger partial charge >= 0.3 is 0 Å². The molecule has 1 aromatic rings. The Kier molecular flexibility index (Phi) is 3.38. The second-order valence-electron chi connectivity index (χ2n) is 4.57. The number of halogens is 2. The largest absolute Gasteiger partial charge is 0.369 e. The molecule has 16 heavy (non-hydrogen) atoms. The molecule has 0 aromatic heterocycles. The molecule has 1 unspecified atom stereocenters. The van der Waals surface area contributed by atoms with Gasteiger partial charge in [0.05, 0.1) is 5.69 Å². The Morgan fingerprint density at radius 3 is 2.75 bits per heavy atom. The van der Waals surface area contributed by atoms with E-state index in [2.05, 4.69) is 6.92 Å². The van der Waals surface area contributed by atoms with E-state index in [4.69, 9.17) is 11.6 Å². The molecule has 1 fully saturated rings. The van der Waals surface area contributed by atoms with Crippen molar-refractivity contribution in [3.8, 4) is 0 Å². The van der Waals surface area contributed by atoms with E-state index in [1.165, 1.54) is 18.9 Å². The summed E-state index contributed by atoms with van der Waals surface area (Å²) >= 11 is 5.85. The van der Waals surface area contributed by atoms with Crippen molar-refractivity contribution in [2.45, 2.75) is 31.7 Å². The van der Waals surface area contributed by atoms with Gasteiger partial charge in [-0.05, 0) is 37.3 Å². The normalized spacial score (nSPS) is 17.2. The van der Waals surface area contributed by atoms with Crippen molar-refractivity contribution in [1.29, 1.82) is 0 Å². The molecule has 1 atom stereocenters. The van der Waals surface area contributed by atoms with Crippen LogP contribution in [0.3, 0.4) is 0 Å². The molecule has 0 spiro atoms. The Balaban J connectivity index is 2.30. The number of nitrogens with zero attached hydrogens (tertiary/aromatic N) is 1. The van der Waals surface area contributed by atoms with Crippen LogP contribution in [0.5, 0.6) is 0 Å². The Bertz CT molecular complexity index is 376. The molecule has 1 saturated carbocycles. The van der Waals surface area contributed by atoms with E-state index in [1.807, 2.05) is 18.0 Å². The summed E-state index contributed by atoms with van der Waals surface area (Å²) in [6.45, 7) is 2.15. The fraction of sp³-hybridized carbons (Fsp3) is 0.538. The third-order valence-electron chi connectivity index (χ3n) is 3.48. The first kappa shape index (κ1) is 11.7. The van der Waals surface area contributed by atoms with Crippen LogP contribution in [0.15, 0.2) is 18.2 Å². The number of rotatable bonds is 4. The van der Waals surface area contributed by atoms with Crippen LogP contribution in [-0.4, -0.2) is 13.1 Å². The molecule has 1 aliphatic rings. The van der Waals surface area contributed by atoms with Gasteiger partial charge in [0.1, 0.15) is 5.82 Å². The average Bonchev–Trinajstić information content (AvgIpc) is 3.10. The third kappa shape index (κ3) is 2.17. The smallest absolute Gasteiger partial charge is 0.146 e. The van der Waals surface area contributed by atoms with Gasteiger partial charge < -0.3 is 4.90 Å². The van der Waals surface area contributed by atoms with Crippen LogP contribution in [0.4, 0.5) is 10.1 Å². The molecule has 3 heteroatoms. The van der Waals surface area contributed by atoms with E-state index in [0.29, 0.717) is 23.5 Å². The monoisotopic (exact) mass is 241 g/mol. The number of hydrogen-bond acceptors (Lipinski definition) is 1. The molecule has 1 nitrogen and oxygen atoms in total. The molecule has 0 saturated heterocycles. The van der Waals surface area contributed by atoms with Crippen molar-refractivity contribution in [1.82, 2.24) is 0 Å². The van der Waals surface area contributed by atoms with Gasteiger partial charge in [0.25, 0.3) is 0 Å². The summed E-state index contributed by atoms with van der Waals surface area (Å²) in [5.41, 5.74) is 1.54. The highest BCUT2D eigenvalue weighted by Crippen LogP contribution is 2.37. The highest BCUT2D eigenvalue weighted by molar-refractivity contribution is 6.17. The number of benzene rings is 1. The van der Waals surface area contributed by atoms with Crippen LogP contribution in [-0.2, 0) is 5.88 Å². The highest BCUT2D eigenvalue weighted by atomic mass is 35.5. The summed E-state index contributed by atoms with van der Waals surface area (Å²) in [5.74, 6) is 0.899. The van der Waals surface area contributed by atoms with Gasteiger partial charge in [0, 0.05) is 19.0 Å². The van der Waals surface area contributed by atoms with Crippen LogP contribution in [0.1, 0.15) is 25.3 Å². The minimum Gasteiger partial charge on any atom is -0.369 e. The molecule has 0 N–H and O–H groups in total. The zero-order valence-electron chi connectivity index (χ0n) is 9.71. The third-order valence-corrected chi connectivity index (χ3v) is 3.77. The number of para-hydroxylation sites is 1. The molecular formula is C13H17ClFN. The van der Waals surface area contributed by atoms with Crippen molar-refractivity contribution >= 4 is 17.3 Å². The lowest BCUT2D eigenvalue weighted by molar-refractivity contribution is 0.575. The van der Waals surface area contributed by atoms with Crippen molar-refractivity contribution in [3.05, 3.63) is 29.6 Å². The summed E-state index contributed by atoms with van der Waals surface area (Å²) in [6, 6.07) is 5.49. The molecule has 2 rings (SSSR count). The molecule has 1 aromatic carbocycles.